The molecule has 1 heterocycles. The third-order valence-corrected chi connectivity index (χ3v) is 3.43. The van der Waals surface area contributed by atoms with Gasteiger partial charge in [-0.1, -0.05) is 12.1 Å². The summed E-state index contributed by atoms with van der Waals surface area (Å²) in [6, 6.07) is 5.40. The number of carbonyl (C=O) groups is 1. The van der Waals surface area contributed by atoms with Crippen LogP contribution in [0.3, 0.4) is 0 Å². The van der Waals surface area contributed by atoms with Gasteiger partial charge in [0.05, 0.1) is 6.10 Å². The number of benzene rings is 1. The lowest BCUT2D eigenvalue weighted by Gasteiger charge is -2.18. The number of nitrogens with zero attached hydrogens (tertiary/aromatic N) is 4. The number of tetrazole rings is 1. The Morgan fingerprint density at radius 1 is 1.48 bits per heavy atom. The van der Waals surface area contributed by atoms with Crippen molar-refractivity contribution in [1.82, 2.24) is 25.5 Å². The molecule has 0 aliphatic heterocycles. The highest BCUT2D eigenvalue weighted by molar-refractivity contribution is 5.80. The molecule has 2 rings (SSSR count). The fourth-order valence-corrected chi connectivity index (χ4v) is 2.23. The quantitative estimate of drug-likeness (QED) is 0.786. The first kappa shape index (κ1) is 17.0. The van der Waals surface area contributed by atoms with E-state index in [4.69, 9.17) is 0 Å². The van der Waals surface area contributed by atoms with Crippen molar-refractivity contribution < 1.29 is 14.3 Å². The summed E-state index contributed by atoms with van der Waals surface area (Å²) in [4.78, 5) is 12.5. The molecule has 0 aliphatic rings. The molecule has 7 nitrogen and oxygen atoms in total. The molecule has 0 saturated heterocycles. The predicted octanol–water partition coefficient (Wildman–Crippen LogP) is 0.792. The molecule has 23 heavy (non-hydrogen) atoms. The molecule has 0 fully saturated rings. The van der Waals surface area contributed by atoms with Crippen molar-refractivity contribution in [3.8, 4) is 0 Å². The van der Waals surface area contributed by atoms with Gasteiger partial charge in [-0.15, -0.1) is 5.10 Å². The summed E-state index contributed by atoms with van der Waals surface area (Å²) in [5.74, 6) is -0.133. The Kier molecular flexibility index (Phi) is 5.75. The minimum absolute atomic E-state index is 0.268. The number of aromatic nitrogens is 4. The molecule has 1 aromatic carbocycles. The number of rotatable bonds is 7. The average molecular weight is 321 g/mol. The Hall–Kier alpha value is -2.35. The molecular formula is C15H20FN5O2. The molecule has 8 heteroatoms. The van der Waals surface area contributed by atoms with Crippen LogP contribution in [-0.2, 0) is 11.2 Å². The highest BCUT2D eigenvalue weighted by Gasteiger charge is 2.24. The van der Waals surface area contributed by atoms with Gasteiger partial charge in [0.1, 0.15) is 17.7 Å². The number of amides is 1. The molecule has 2 unspecified atom stereocenters. The maximum absolute atomic E-state index is 13.4. The van der Waals surface area contributed by atoms with E-state index in [1.54, 1.807) is 26.0 Å². The first-order valence-corrected chi connectivity index (χ1v) is 7.42. The number of hydrogen-bond donors (Lipinski definition) is 2. The van der Waals surface area contributed by atoms with Gasteiger partial charge in [-0.2, -0.15) is 0 Å². The lowest BCUT2D eigenvalue weighted by atomic mass is 10.0. The molecule has 1 aromatic heterocycles. The van der Waals surface area contributed by atoms with Gasteiger partial charge in [0.15, 0.2) is 0 Å². The van der Waals surface area contributed by atoms with Crippen molar-refractivity contribution in [3.05, 3.63) is 41.5 Å². The van der Waals surface area contributed by atoms with Crippen LogP contribution in [0, 0.1) is 12.7 Å². The highest BCUT2D eigenvalue weighted by Crippen LogP contribution is 2.16. The van der Waals surface area contributed by atoms with Gasteiger partial charge in [0, 0.05) is 13.0 Å². The van der Waals surface area contributed by atoms with E-state index in [0.29, 0.717) is 24.4 Å². The Morgan fingerprint density at radius 3 is 2.87 bits per heavy atom. The summed E-state index contributed by atoms with van der Waals surface area (Å²) >= 11 is 0. The van der Waals surface area contributed by atoms with Crippen LogP contribution in [0.1, 0.15) is 30.8 Å². The number of halogens is 1. The summed E-state index contributed by atoms with van der Waals surface area (Å²) < 4.78 is 14.8. The maximum Gasteiger partial charge on any atom is 0.245 e. The molecule has 1 amide bonds. The van der Waals surface area contributed by atoms with Gasteiger partial charge in [-0.25, -0.2) is 9.07 Å². The summed E-state index contributed by atoms with van der Waals surface area (Å²) in [5.41, 5.74) is 0.676. The van der Waals surface area contributed by atoms with E-state index in [-0.39, 0.29) is 18.1 Å². The predicted molar refractivity (Wildman–Crippen MR) is 81.0 cm³/mol. The van der Waals surface area contributed by atoms with Gasteiger partial charge < -0.3 is 10.4 Å². The third kappa shape index (κ3) is 4.82. The number of carbonyl (C=O) groups excluding carboxylic acids is 1. The van der Waals surface area contributed by atoms with E-state index in [0.717, 1.165) is 0 Å². The number of aliphatic hydroxyl groups excluding tert-OH is 1. The van der Waals surface area contributed by atoms with Crippen LogP contribution < -0.4 is 5.32 Å². The summed E-state index contributed by atoms with van der Waals surface area (Å²) in [7, 11) is 0. The van der Waals surface area contributed by atoms with Crippen LogP contribution in [0.15, 0.2) is 24.3 Å². The molecule has 0 aliphatic carbocycles. The van der Waals surface area contributed by atoms with E-state index in [9.17, 15) is 14.3 Å². The lowest BCUT2D eigenvalue weighted by molar-refractivity contribution is -0.124. The molecule has 0 bridgehead atoms. The van der Waals surface area contributed by atoms with E-state index in [2.05, 4.69) is 20.8 Å². The Morgan fingerprint density at radius 2 is 2.26 bits per heavy atom. The molecular weight excluding hydrogens is 301 g/mol. The number of nitrogens with one attached hydrogen (secondary N) is 1. The van der Waals surface area contributed by atoms with Crippen molar-refractivity contribution in [2.24, 2.45) is 0 Å². The van der Waals surface area contributed by atoms with Crippen LogP contribution in [0.2, 0.25) is 0 Å². The van der Waals surface area contributed by atoms with E-state index < -0.39 is 12.1 Å². The first-order valence-electron chi connectivity index (χ1n) is 7.42. The van der Waals surface area contributed by atoms with Gasteiger partial charge in [0.25, 0.3) is 0 Å². The summed E-state index contributed by atoms with van der Waals surface area (Å²) in [6.07, 6.45) is 0.226. The SMILES string of the molecule is Cc1nnnn1C(Cc1cccc(F)c1)C(=O)NCCC(C)O. The maximum atomic E-state index is 13.4. The fraction of sp³-hybridized carbons (Fsp3) is 0.467. The standard InChI is InChI=1S/C15H20FN5O2/c1-10(22)6-7-17-15(23)14(21-11(2)18-19-20-21)9-12-4-3-5-13(16)8-12/h3-5,8,10,14,22H,6-7,9H2,1-2H3,(H,17,23). The zero-order valence-corrected chi connectivity index (χ0v) is 13.1. The van der Waals surface area contributed by atoms with Crippen molar-refractivity contribution in [2.45, 2.75) is 38.8 Å². The third-order valence-electron chi connectivity index (χ3n) is 3.43. The second-order valence-electron chi connectivity index (χ2n) is 5.45. The monoisotopic (exact) mass is 321 g/mol. The van der Waals surface area contributed by atoms with Crippen LogP contribution in [0.5, 0.6) is 0 Å². The van der Waals surface area contributed by atoms with Gasteiger partial charge >= 0.3 is 0 Å². The molecule has 0 spiro atoms. The van der Waals surface area contributed by atoms with E-state index in [1.165, 1.54) is 16.8 Å². The second kappa shape index (κ2) is 7.77. The number of hydrogen-bond acceptors (Lipinski definition) is 5. The Bertz CT molecular complexity index is 659. The van der Waals surface area contributed by atoms with Crippen LogP contribution in [0.25, 0.3) is 0 Å². The Labute approximate surface area is 133 Å². The van der Waals surface area contributed by atoms with E-state index in [1.807, 2.05) is 0 Å². The molecule has 0 saturated carbocycles. The van der Waals surface area contributed by atoms with E-state index >= 15 is 0 Å². The van der Waals surface area contributed by atoms with Crippen LogP contribution in [0.4, 0.5) is 4.39 Å². The number of aliphatic hydroxyl groups is 1. The largest absolute Gasteiger partial charge is 0.393 e. The van der Waals surface area contributed by atoms with Crippen molar-refractivity contribution in [2.75, 3.05) is 6.54 Å². The van der Waals surface area contributed by atoms with Crippen molar-refractivity contribution in [1.29, 1.82) is 0 Å². The molecule has 2 aromatic rings. The molecule has 2 N–H and O–H groups in total. The molecule has 0 radical (unpaired) electrons. The Balaban J connectivity index is 2.15. The molecule has 124 valence electrons. The smallest absolute Gasteiger partial charge is 0.245 e. The zero-order chi connectivity index (χ0) is 16.8. The summed E-state index contributed by atoms with van der Waals surface area (Å²) in [6.45, 7) is 3.70. The normalized spacial score (nSPS) is 13.6. The zero-order valence-electron chi connectivity index (χ0n) is 13.1. The van der Waals surface area contributed by atoms with Gasteiger partial charge in [-0.3, -0.25) is 4.79 Å². The summed E-state index contributed by atoms with van der Waals surface area (Å²) in [5, 5.41) is 23.2. The minimum Gasteiger partial charge on any atom is -0.393 e. The lowest BCUT2D eigenvalue weighted by Crippen LogP contribution is -2.36. The first-order chi connectivity index (χ1) is 11.0. The van der Waals surface area contributed by atoms with Crippen molar-refractivity contribution >= 4 is 5.91 Å². The average Bonchev–Trinajstić information content (AvgIpc) is 2.90. The number of aryl methyl sites for hydroxylation is 1. The molecule has 2 atom stereocenters. The highest BCUT2D eigenvalue weighted by atomic mass is 19.1. The van der Waals surface area contributed by atoms with Gasteiger partial charge in [-0.05, 0) is 48.4 Å². The second-order valence-corrected chi connectivity index (χ2v) is 5.45. The fourth-order valence-electron chi connectivity index (χ4n) is 2.23. The van der Waals surface area contributed by atoms with Gasteiger partial charge in [0.2, 0.25) is 5.91 Å². The topological polar surface area (TPSA) is 92.9 Å². The van der Waals surface area contributed by atoms with Crippen LogP contribution >= 0.6 is 0 Å². The van der Waals surface area contributed by atoms with Crippen molar-refractivity contribution in [3.63, 3.8) is 0 Å². The van der Waals surface area contributed by atoms with Crippen LogP contribution in [-0.4, -0.2) is 43.9 Å². The minimum atomic E-state index is -0.680.